The van der Waals surface area contributed by atoms with E-state index in [1.165, 1.54) is 0 Å². The first-order chi connectivity index (χ1) is 7.50. The molecule has 0 amide bonds. The molecule has 1 atom stereocenters. The van der Waals surface area contributed by atoms with Gasteiger partial charge in [-0.1, -0.05) is 77.3 Å². The molecule has 0 saturated heterocycles. The average Bonchev–Trinajstić information content (AvgIpc) is 2.26. The van der Waals surface area contributed by atoms with E-state index in [9.17, 15) is 5.11 Å². The number of rotatable bonds is 1. The van der Waals surface area contributed by atoms with Gasteiger partial charge in [0.05, 0.1) is 0 Å². The number of alkyl halides is 3. The molecule has 0 spiro atoms. The number of aliphatic hydroxyl groups is 1. The summed E-state index contributed by atoms with van der Waals surface area (Å²) in [6.45, 7) is 0. The highest BCUT2D eigenvalue weighted by molar-refractivity contribution is 6.68. The number of aliphatic hydroxyl groups excluding tert-OH is 1. The first kappa shape index (κ1) is 12.0. The largest absolute Gasteiger partial charge is 0.384 e. The molecule has 16 heavy (non-hydrogen) atoms. The smallest absolute Gasteiger partial charge is 0.220 e. The van der Waals surface area contributed by atoms with Gasteiger partial charge in [-0.05, 0) is 16.3 Å². The number of hydrogen-bond donors (Lipinski definition) is 1. The lowest BCUT2D eigenvalue weighted by Gasteiger charge is -2.20. The molecule has 1 unspecified atom stereocenters. The zero-order valence-electron chi connectivity index (χ0n) is 8.20. The van der Waals surface area contributed by atoms with Crippen LogP contribution in [0.4, 0.5) is 0 Å². The predicted octanol–water partition coefficient (Wildman–Crippen LogP) is 4.24. The van der Waals surface area contributed by atoms with Gasteiger partial charge in [-0.15, -0.1) is 0 Å². The van der Waals surface area contributed by atoms with Crippen molar-refractivity contribution in [1.82, 2.24) is 0 Å². The maximum Gasteiger partial charge on any atom is 0.220 e. The maximum atomic E-state index is 9.96. The molecule has 0 aromatic heterocycles. The van der Waals surface area contributed by atoms with Gasteiger partial charge in [0.25, 0.3) is 0 Å². The Morgan fingerprint density at radius 2 is 1.56 bits per heavy atom. The van der Waals surface area contributed by atoms with Crippen molar-refractivity contribution in [1.29, 1.82) is 0 Å². The monoisotopic (exact) mass is 274 g/mol. The van der Waals surface area contributed by atoms with Crippen LogP contribution in [-0.4, -0.2) is 8.90 Å². The molecule has 0 aliphatic heterocycles. The Bertz CT molecular complexity index is 500. The summed E-state index contributed by atoms with van der Waals surface area (Å²) < 4.78 is -1.72. The SMILES string of the molecule is OC(c1cccc2ccccc12)C(Cl)(Cl)Cl. The first-order valence-electron chi connectivity index (χ1n) is 4.72. The van der Waals surface area contributed by atoms with Crippen LogP contribution in [-0.2, 0) is 0 Å². The molecule has 0 heterocycles. The molecule has 0 aliphatic rings. The van der Waals surface area contributed by atoms with Crippen LogP contribution >= 0.6 is 34.8 Å². The van der Waals surface area contributed by atoms with E-state index in [0.717, 1.165) is 10.8 Å². The Morgan fingerprint density at radius 3 is 2.25 bits per heavy atom. The van der Waals surface area contributed by atoms with Crippen LogP contribution in [0.3, 0.4) is 0 Å². The van der Waals surface area contributed by atoms with Gasteiger partial charge in [0, 0.05) is 0 Å². The fourth-order valence-corrected chi connectivity index (χ4v) is 2.02. The normalized spacial score (nSPS) is 14.0. The lowest BCUT2D eigenvalue weighted by Crippen LogP contribution is -2.16. The second-order valence-electron chi connectivity index (χ2n) is 3.51. The van der Waals surface area contributed by atoms with Crippen molar-refractivity contribution in [2.45, 2.75) is 9.90 Å². The van der Waals surface area contributed by atoms with E-state index in [0.29, 0.717) is 5.56 Å². The van der Waals surface area contributed by atoms with Crippen molar-refractivity contribution >= 4 is 45.6 Å². The van der Waals surface area contributed by atoms with E-state index in [2.05, 4.69) is 0 Å². The number of fused-ring (bicyclic) bond motifs is 1. The van der Waals surface area contributed by atoms with Crippen molar-refractivity contribution in [2.75, 3.05) is 0 Å². The van der Waals surface area contributed by atoms with Gasteiger partial charge in [0.15, 0.2) is 0 Å². The molecule has 0 aliphatic carbocycles. The number of halogens is 3. The number of hydrogen-bond acceptors (Lipinski definition) is 1. The highest BCUT2D eigenvalue weighted by Gasteiger charge is 2.32. The van der Waals surface area contributed by atoms with E-state index in [4.69, 9.17) is 34.8 Å². The Labute approximate surface area is 109 Å². The summed E-state index contributed by atoms with van der Waals surface area (Å²) in [5, 5.41) is 11.9. The fraction of sp³-hybridized carbons (Fsp3) is 0.167. The molecule has 0 fully saturated rings. The van der Waals surface area contributed by atoms with E-state index >= 15 is 0 Å². The minimum atomic E-state index is -1.72. The van der Waals surface area contributed by atoms with Crippen LogP contribution in [0.5, 0.6) is 0 Å². The van der Waals surface area contributed by atoms with Crippen molar-refractivity contribution in [3.63, 3.8) is 0 Å². The lowest BCUT2D eigenvalue weighted by atomic mass is 10.0. The van der Waals surface area contributed by atoms with Crippen molar-refractivity contribution in [3.05, 3.63) is 48.0 Å². The average molecular weight is 276 g/mol. The van der Waals surface area contributed by atoms with E-state index in [-0.39, 0.29) is 0 Å². The highest BCUT2D eigenvalue weighted by atomic mass is 35.6. The zero-order chi connectivity index (χ0) is 11.8. The molecular formula is C12H9Cl3O. The van der Waals surface area contributed by atoms with Gasteiger partial charge in [0.1, 0.15) is 6.10 Å². The molecule has 0 saturated carbocycles. The standard InChI is InChI=1S/C12H9Cl3O/c13-12(14,15)11(16)10-7-3-5-8-4-1-2-6-9(8)10/h1-7,11,16H. The Kier molecular flexibility index (Phi) is 3.32. The van der Waals surface area contributed by atoms with E-state index < -0.39 is 9.90 Å². The van der Waals surface area contributed by atoms with Crippen LogP contribution in [0.25, 0.3) is 10.8 Å². The van der Waals surface area contributed by atoms with Crippen molar-refractivity contribution < 1.29 is 5.11 Å². The fourth-order valence-electron chi connectivity index (χ4n) is 1.67. The van der Waals surface area contributed by atoms with Crippen molar-refractivity contribution in [2.24, 2.45) is 0 Å². The summed E-state index contributed by atoms with van der Waals surface area (Å²) in [6.07, 6.45) is -1.14. The molecule has 84 valence electrons. The predicted molar refractivity (Wildman–Crippen MR) is 69.2 cm³/mol. The molecule has 0 radical (unpaired) electrons. The molecule has 2 rings (SSSR count). The minimum absolute atomic E-state index is 0.623. The third-order valence-electron chi connectivity index (χ3n) is 2.43. The maximum absolute atomic E-state index is 9.96. The second-order valence-corrected chi connectivity index (χ2v) is 5.88. The summed E-state index contributed by atoms with van der Waals surface area (Å²) >= 11 is 17.1. The molecule has 1 N–H and O–H groups in total. The summed E-state index contributed by atoms with van der Waals surface area (Å²) in [4.78, 5) is 0. The van der Waals surface area contributed by atoms with Gasteiger partial charge in [0.2, 0.25) is 3.79 Å². The van der Waals surface area contributed by atoms with Gasteiger partial charge >= 0.3 is 0 Å². The van der Waals surface area contributed by atoms with E-state index in [1.54, 1.807) is 6.07 Å². The Morgan fingerprint density at radius 1 is 0.938 bits per heavy atom. The summed E-state index contributed by atoms with van der Waals surface area (Å²) in [5.41, 5.74) is 0.623. The van der Waals surface area contributed by atoms with Gasteiger partial charge in [-0.25, -0.2) is 0 Å². The third-order valence-corrected chi connectivity index (χ3v) is 3.05. The summed E-state index contributed by atoms with van der Waals surface area (Å²) in [6, 6.07) is 13.2. The van der Waals surface area contributed by atoms with E-state index in [1.807, 2.05) is 36.4 Å². The molecule has 2 aromatic rings. The van der Waals surface area contributed by atoms with Gasteiger partial charge < -0.3 is 5.11 Å². The van der Waals surface area contributed by atoms with Crippen molar-refractivity contribution in [3.8, 4) is 0 Å². The lowest BCUT2D eigenvalue weighted by molar-refractivity contribution is 0.184. The molecular weight excluding hydrogens is 266 g/mol. The topological polar surface area (TPSA) is 20.2 Å². The van der Waals surface area contributed by atoms with Crippen LogP contribution in [0.15, 0.2) is 42.5 Å². The Hall–Kier alpha value is -0.470. The minimum Gasteiger partial charge on any atom is -0.384 e. The third kappa shape index (κ3) is 2.28. The summed E-state index contributed by atoms with van der Waals surface area (Å²) in [5.74, 6) is 0. The Balaban J connectivity index is 2.61. The second kappa shape index (κ2) is 4.42. The first-order valence-corrected chi connectivity index (χ1v) is 5.86. The highest BCUT2D eigenvalue weighted by Crippen LogP contribution is 2.41. The number of benzene rings is 2. The molecule has 1 nitrogen and oxygen atoms in total. The molecule has 2 aromatic carbocycles. The quantitative estimate of drug-likeness (QED) is 0.772. The van der Waals surface area contributed by atoms with Gasteiger partial charge in [-0.3, -0.25) is 0 Å². The summed E-state index contributed by atoms with van der Waals surface area (Å²) in [7, 11) is 0. The van der Waals surface area contributed by atoms with Crippen LogP contribution < -0.4 is 0 Å². The van der Waals surface area contributed by atoms with Crippen LogP contribution in [0.2, 0.25) is 0 Å². The molecule has 4 heteroatoms. The molecule has 0 bridgehead atoms. The van der Waals surface area contributed by atoms with Crippen LogP contribution in [0.1, 0.15) is 11.7 Å². The van der Waals surface area contributed by atoms with Gasteiger partial charge in [-0.2, -0.15) is 0 Å². The van der Waals surface area contributed by atoms with Crippen LogP contribution in [0, 0.1) is 0 Å². The zero-order valence-corrected chi connectivity index (χ0v) is 10.5.